The highest BCUT2D eigenvalue weighted by molar-refractivity contribution is 9.10. The van der Waals surface area contributed by atoms with Crippen molar-refractivity contribution >= 4 is 39.3 Å². The number of ether oxygens (including phenoxy) is 3. The normalized spacial score (nSPS) is 19.2. The Balaban J connectivity index is 1.40. The molecule has 0 unspecified atom stereocenters. The van der Waals surface area contributed by atoms with Gasteiger partial charge >= 0.3 is 5.97 Å². The fourth-order valence-corrected chi connectivity index (χ4v) is 4.10. The van der Waals surface area contributed by atoms with E-state index in [9.17, 15) is 14.4 Å². The molecule has 2 amide bonds. The van der Waals surface area contributed by atoms with Crippen LogP contribution in [0.3, 0.4) is 0 Å². The van der Waals surface area contributed by atoms with Gasteiger partial charge in [0.25, 0.3) is 11.8 Å². The van der Waals surface area contributed by atoms with Gasteiger partial charge in [0.2, 0.25) is 11.5 Å². The van der Waals surface area contributed by atoms with Crippen LogP contribution in [0.15, 0.2) is 41.0 Å². The van der Waals surface area contributed by atoms with Crippen molar-refractivity contribution in [2.75, 3.05) is 0 Å². The average Bonchev–Trinajstić information content (AvgIpc) is 3.53. The van der Waals surface area contributed by atoms with Gasteiger partial charge in [0, 0.05) is 42.2 Å². The quantitative estimate of drug-likeness (QED) is 0.272. The van der Waals surface area contributed by atoms with Crippen molar-refractivity contribution < 1.29 is 28.6 Å². The van der Waals surface area contributed by atoms with Gasteiger partial charge < -0.3 is 19.5 Å². The number of amides is 2. The highest BCUT2D eigenvalue weighted by atomic mass is 79.9. The molecule has 2 N–H and O–H groups in total. The largest absolute Gasteiger partial charge is 0.449 e. The number of halogens is 1. The Labute approximate surface area is 198 Å². The molecule has 2 heterocycles. The molecule has 3 aliphatic rings. The minimum absolute atomic E-state index is 0.0607. The molecule has 9 heteroatoms. The predicted molar refractivity (Wildman–Crippen MR) is 122 cm³/mol. The first-order valence-corrected chi connectivity index (χ1v) is 11.4. The lowest BCUT2D eigenvalue weighted by atomic mass is 9.95. The second-order valence-corrected chi connectivity index (χ2v) is 9.55. The van der Waals surface area contributed by atoms with Crippen molar-refractivity contribution in [1.29, 1.82) is 0 Å². The second-order valence-electron chi connectivity index (χ2n) is 8.63. The first kappa shape index (κ1) is 21.5. The smallest absolute Gasteiger partial charge is 0.314 e. The van der Waals surface area contributed by atoms with Crippen molar-refractivity contribution in [1.82, 2.24) is 10.6 Å². The minimum Gasteiger partial charge on any atom is -0.449 e. The van der Waals surface area contributed by atoms with Gasteiger partial charge in [-0.2, -0.15) is 0 Å². The van der Waals surface area contributed by atoms with Gasteiger partial charge in [0.15, 0.2) is 11.5 Å². The fourth-order valence-electron chi connectivity index (χ4n) is 3.74. The lowest BCUT2D eigenvalue weighted by Crippen LogP contribution is -2.37. The van der Waals surface area contributed by atoms with E-state index in [-0.39, 0.29) is 11.9 Å². The molecule has 33 heavy (non-hydrogen) atoms. The monoisotopic (exact) mass is 512 g/mol. The number of carbonyl (C=O) groups is 3. The van der Waals surface area contributed by atoms with E-state index in [1.54, 1.807) is 50.4 Å². The number of hydrogen-bond donors (Lipinski definition) is 2. The molecule has 0 saturated heterocycles. The third kappa shape index (κ3) is 4.32. The summed E-state index contributed by atoms with van der Waals surface area (Å²) < 4.78 is 18.1. The Bertz CT molecular complexity index is 1230. The Hall–Kier alpha value is -3.33. The van der Waals surface area contributed by atoms with Crippen LogP contribution in [0, 0.1) is 5.92 Å². The summed E-state index contributed by atoms with van der Waals surface area (Å²) in [6, 6.07) is 8.67. The molecule has 2 aliphatic heterocycles. The average molecular weight is 513 g/mol. The van der Waals surface area contributed by atoms with E-state index >= 15 is 0 Å². The topological polar surface area (TPSA) is 103 Å². The van der Waals surface area contributed by atoms with Crippen molar-refractivity contribution in [3.05, 3.63) is 57.7 Å². The lowest BCUT2D eigenvalue weighted by molar-refractivity contribution is -0.136. The Morgan fingerprint density at radius 3 is 2.73 bits per heavy atom. The number of benzene rings is 2. The summed E-state index contributed by atoms with van der Waals surface area (Å²) in [4.78, 5) is 36.8. The molecule has 1 saturated carbocycles. The molecule has 0 aromatic heterocycles. The zero-order chi connectivity index (χ0) is 23.3. The molecule has 2 aromatic carbocycles. The predicted octanol–water partition coefficient (Wildman–Crippen LogP) is 3.67. The van der Waals surface area contributed by atoms with E-state index in [4.69, 9.17) is 14.2 Å². The molecule has 170 valence electrons. The van der Waals surface area contributed by atoms with Gasteiger partial charge in [-0.05, 0) is 48.7 Å². The van der Waals surface area contributed by atoms with Crippen LogP contribution in [0.1, 0.15) is 48.2 Å². The third-order valence-corrected chi connectivity index (χ3v) is 5.94. The molecule has 0 bridgehead atoms. The molecule has 1 fully saturated rings. The van der Waals surface area contributed by atoms with E-state index < -0.39 is 17.6 Å². The number of rotatable bonds is 5. The number of nitrogens with one attached hydrogen (secondary N) is 2. The van der Waals surface area contributed by atoms with Crippen molar-refractivity contribution in [3.8, 4) is 17.2 Å². The number of imide groups is 1. The van der Waals surface area contributed by atoms with Crippen LogP contribution in [0.5, 0.6) is 17.2 Å². The van der Waals surface area contributed by atoms with Crippen LogP contribution in [-0.2, 0) is 16.1 Å². The Morgan fingerprint density at radius 2 is 1.97 bits per heavy atom. The first-order chi connectivity index (χ1) is 15.7. The van der Waals surface area contributed by atoms with Crippen LogP contribution in [-0.4, -0.2) is 23.6 Å². The molecule has 5 rings (SSSR count). The highest BCUT2D eigenvalue weighted by Gasteiger charge is 2.37. The molecule has 0 radical (unpaired) electrons. The Kier molecular flexibility index (Phi) is 5.16. The zero-order valence-electron chi connectivity index (χ0n) is 18.0. The van der Waals surface area contributed by atoms with Gasteiger partial charge in [-0.1, -0.05) is 15.9 Å². The van der Waals surface area contributed by atoms with E-state index in [0.29, 0.717) is 40.5 Å². The summed E-state index contributed by atoms with van der Waals surface area (Å²) in [6.45, 7) is 3.87. The van der Waals surface area contributed by atoms with E-state index in [0.717, 1.165) is 22.9 Å². The van der Waals surface area contributed by atoms with Gasteiger partial charge in [-0.25, -0.2) is 0 Å². The number of fused-ring (bicyclic) bond motifs is 2. The maximum absolute atomic E-state index is 12.4. The van der Waals surface area contributed by atoms with E-state index in [1.807, 2.05) is 0 Å². The number of esters is 1. The fraction of sp³-hybridized carbons (Fsp3) is 0.292. The summed E-state index contributed by atoms with van der Waals surface area (Å²) in [5, 5.41) is 5.47. The SMILES string of the molecule is CC1(C)Oc2cc(CNC=C3C(=O)NC(=O)c4ccc(Br)cc43)cc(OC(=O)C3CC3)c2O1. The van der Waals surface area contributed by atoms with E-state index in [1.165, 1.54) is 0 Å². The number of hydrogen-bond acceptors (Lipinski definition) is 7. The highest BCUT2D eigenvalue weighted by Crippen LogP contribution is 2.47. The summed E-state index contributed by atoms with van der Waals surface area (Å²) in [6.07, 6.45) is 3.24. The molecular weight excluding hydrogens is 492 g/mol. The summed E-state index contributed by atoms with van der Waals surface area (Å²) in [5.74, 6) is -0.917. The van der Waals surface area contributed by atoms with Gasteiger partial charge in [0.05, 0.1) is 11.5 Å². The Morgan fingerprint density at radius 1 is 1.18 bits per heavy atom. The molecule has 0 atom stereocenters. The molecule has 8 nitrogen and oxygen atoms in total. The van der Waals surface area contributed by atoms with Crippen LogP contribution in [0.2, 0.25) is 0 Å². The van der Waals surface area contributed by atoms with Gasteiger partial charge in [-0.15, -0.1) is 0 Å². The maximum atomic E-state index is 12.4. The van der Waals surface area contributed by atoms with E-state index in [2.05, 4.69) is 26.6 Å². The summed E-state index contributed by atoms with van der Waals surface area (Å²) in [5.41, 5.74) is 2.07. The lowest BCUT2D eigenvalue weighted by Gasteiger charge is -2.18. The number of carbonyl (C=O) groups excluding carboxylic acids is 3. The standard InChI is InChI=1S/C24H21BrN2O6/c1-24(2)32-19-8-12(7-18(20(19)33-24)31-23(30)13-3-4-13)10-26-11-17-16-9-14(25)5-6-15(16)21(28)27-22(17)29/h5-9,11,13,26H,3-4,10H2,1-2H3,(H,27,28,29). The van der Waals surface area contributed by atoms with Gasteiger partial charge in [-0.3, -0.25) is 19.7 Å². The maximum Gasteiger partial charge on any atom is 0.314 e. The molecule has 2 aromatic rings. The van der Waals surface area contributed by atoms with Crippen molar-refractivity contribution in [2.24, 2.45) is 5.92 Å². The molecule has 0 spiro atoms. The van der Waals surface area contributed by atoms with Crippen LogP contribution < -0.4 is 24.8 Å². The zero-order valence-corrected chi connectivity index (χ0v) is 19.6. The first-order valence-electron chi connectivity index (χ1n) is 10.6. The van der Waals surface area contributed by atoms with Crippen LogP contribution in [0.4, 0.5) is 0 Å². The van der Waals surface area contributed by atoms with Crippen molar-refractivity contribution in [2.45, 2.75) is 39.0 Å². The molecular formula is C24H21BrN2O6. The second kappa shape index (κ2) is 7.91. The minimum atomic E-state index is -0.874. The van der Waals surface area contributed by atoms with Gasteiger partial charge in [0.1, 0.15) is 0 Å². The van der Waals surface area contributed by atoms with Crippen LogP contribution in [0.25, 0.3) is 5.57 Å². The van der Waals surface area contributed by atoms with Crippen molar-refractivity contribution in [3.63, 3.8) is 0 Å². The molecule has 1 aliphatic carbocycles. The summed E-state index contributed by atoms with van der Waals surface area (Å²) >= 11 is 3.38. The third-order valence-electron chi connectivity index (χ3n) is 5.45. The van der Waals surface area contributed by atoms with Crippen LogP contribution >= 0.6 is 15.9 Å². The summed E-state index contributed by atoms with van der Waals surface area (Å²) in [7, 11) is 0.